The van der Waals surface area contributed by atoms with E-state index in [0.717, 1.165) is 44.3 Å². The Morgan fingerprint density at radius 3 is 2.26 bits per heavy atom. The van der Waals surface area contributed by atoms with Crippen LogP contribution >= 0.6 is 0 Å². The second-order valence-corrected chi connectivity index (χ2v) is 14.4. The minimum atomic E-state index is -0.542. The predicted octanol–water partition coefficient (Wildman–Crippen LogP) is 5.52. The van der Waals surface area contributed by atoms with Crippen LogP contribution < -0.4 is 0 Å². The van der Waals surface area contributed by atoms with E-state index in [1.54, 1.807) is 12.1 Å². The Bertz CT molecular complexity index is 1440. The van der Waals surface area contributed by atoms with Gasteiger partial charge in [0.05, 0.1) is 17.2 Å². The van der Waals surface area contributed by atoms with Crippen LogP contribution in [0.3, 0.4) is 0 Å². The van der Waals surface area contributed by atoms with Crippen molar-refractivity contribution in [3.63, 3.8) is 0 Å². The van der Waals surface area contributed by atoms with Gasteiger partial charge in [0.25, 0.3) is 0 Å². The van der Waals surface area contributed by atoms with E-state index in [1.165, 1.54) is 0 Å². The van der Waals surface area contributed by atoms with Crippen molar-refractivity contribution < 1.29 is 24.2 Å². The maximum absolute atomic E-state index is 13.6. The molecule has 2 unspecified atom stereocenters. The lowest BCUT2D eigenvalue weighted by Crippen LogP contribution is -2.69. The number of nitrogens with zero attached hydrogens (tertiary/aromatic N) is 1. The molecule has 1 heterocycles. The average Bonchev–Trinajstić information content (AvgIpc) is 3.53. The topological polar surface area (TPSA) is 76.1 Å². The normalized spacial score (nSPS) is 44.5. The maximum Gasteiger partial charge on any atom is 0.338 e. The molecule has 220 valence electrons. The second kappa shape index (κ2) is 9.03. The summed E-state index contributed by atoms with van der Waals surface area (Å²) < 4.78 is 13.1. The molecule has 0 amide bonds. The highest BCUT2D eigenvalue weighted by molar-refractivity contribution is 5.90. The van der Waals surface area contributed by atoms with E-state index in [-0.39, 0.29) is 58.1 Å². The zero-order valence-electron chi connectivity index (χ0n) is 24.6. The summed E-state index contributed by atoms with van der Waals surface area (Å²) in [4.78, 5) is 29.9. The summed E-state index contributed by atoms with van der Waals surface area (Å²) >= 11 is 0. The molecule has 1 saturated heterocycles. The molecular formula is C36H41NO5. The van der Waals surface area contributed by atoms with E-state index in [0.29, 0.717) is 23.5 Å². The number of piperidine rings is 1. The van der Waals surface area contributed by atoms with Gasteiger partial charge in [-0.05, 0) is 91.7 Å². The molecule has 0 radical (unpaired) electrons. The Morgan fingerprint density at radius 2 is 1.62 bits per heavy atom. The smallest absolute Gasteiger partial charge is 0.338 e. The number of hydrogen-bond donors (Lipinski definition) is 1. The van der Waals surface area contributed by atoms with Gasteiger partial charge in [-0.1, -0.05) is 56.8 Å². The number of rotatable bonds is 5. The van der Waals surface area contributed by atoms with Crippen LogP contribution in [0.5, 0.6) is 0 Å². The van der Waals surface area contributed by atoms with Crippen LogP contribution in [-0.2, 0) is 9.47 Å². The number of hydrogen-bond acceptors (Lipinski definition) is 6. The molecule has 0 aromatic heterocycles. The molecule has 6 fully saturated rings. The molecule has 8 rings (SSSR count). The molecule has 1 N–H and O–H groups in total. The molecule has 5 aliphatic carbocycles. The Balaban J connectivity index is 1.26. The number of carbonyl (C=O) groups is 2. The van der Waals surface area contributed by atoms with Gasteiger partial charge in [0.1, 0.15) is 12.2 Å². The summed E-state index contributed by atoms with van der Waals surface area (Å²) in [6.45, 7) is 11.2. The molecule has 42 heavy (non-hydrogen) atoms. The highest BCUT2D eigenvalue weighted by atomic mass is 16.6. The van der Waals surface area contributed by atoms with E-state index in [9.17, 15) is 14.7 Å². The molecule has 2 aromatic carbocycles. The molecule has 6 aliphatic rings. The van der Waals surface area contributed by atoms with E-state index in [1.807, 2.05) is 48.5 Å². The number of likely N-dealkylation sites (tertiary alicyclic amines) is 1. The summed E-state index contributed by atoms with van der Waals surface area (Å²) in [6, 6.07) is 18.8. The Labute approximate surface area is 248 Å². The number of benzene rings is 2. The minimum absolute atomic E-state index is 0.0698. The summed E-state index contributed by atoms with van der Waals surface area (Å²) in [7, 11) is 0. The van der Waals surface area contributed by atoms with Crippen LogP contribution in [0.4, 0.5) is 0 Å². The minimum Gasteiger partial charge on any atom is -0.458 e. The van der Waals surface area contributed by atoms with E-state index >= 15 is 0 Å². The lowest BCUT2D eigenvalue weighted by Gasteiger charge is -2.65. The zero-order valence-corrected chi connectivity index (χ0v) is 24.6. The van der Waals surface area contributed by atoms with Crippen LogP contribution in [0, 0.1) is 39.9 Å². The first kappa shape index (κ1) is 26.7. The summed E-state index contributed by atoms with van der Waals surface area (Å²) in [5.41, 5.74) is 1.48. The van der Waals surface area contributed by atoms with Gasteiger partial charge in [-0.15, -0.1) is 0 Å². The Morgan fingerprint density at radius 1 is 0.976 bits per heavy atom. The number of aliphatic hydroxyl groups is 1. The SMILES string of the molecule is C=C1[C@H]2CC3([C@@H]1OC(=O)c1ccccc1)[C@@H](C[C@@H]2O)[C@@]12C4[C@@H]3C[C@@H]1[C@@](C)(CC[C@@H]2OC(=O)c1ccccc1)CN4CC. The fourth-order valence-electron chi connectivity index (χ4n) is 11.8. The Hall–Kier alpha value is -2.96. The lowest BCUT2D eigenvalue weighted by atomic mass is 9.43. The standard InChI is InChI=1S/C36H41NO5/c1-4-37-20-34(3)16-15-29(41-32(39)22-11-7-5-8-12-22)36-27(34)17-25(30(36)37)35-19-24(26(38)18-28(35)36)21(2)31(35)42-33(40)23-13-9-6-10-14-23/h5-14,24-31,38H,2,4,15-20H2,1,3H3/t24-,25+,26+,27-,28-,29+,30?,31-,34+,35?,36+/m1/s1. The fraction of sp³-hybridized carbons (Fsp3) is 0.556. The average molecular weight is 568 g/mol. The molecule has 6 heteroatoms. The molecule has 2 spiro atoms. The van der Waals surface area contributed by atoms with Crippen LogP contribution in [0.15, 0.2) is 72.8 Å². The van der Waals surface area contributed by atoms with Gasteiger partial charge in [0.15, 0.2) is 0 Å². The molecule has 7 bridgehead atoms. The van der Waals surface area contributed by atoms with Crippen molar-refractivity contribution in [1.29, 1.82) is 0 Å². The van der Waals surface area contributed by atoms with Crippen molar-refractivity contribution in [2.75, 3.05) is 13.1 Å². The van der Waals surface area contributed by atoms with E-state index in [2.05, 4.69) is 25.3 Å². The summed E-state index contributed by atoms with van der Waals surface area (Å²) in [5.74, 6) is 0.0763. The lowest BCUT2D eigenvalue weighted by molar-refractivity contribution is -0.218. The monoisotopic (exact) mass is 567 g/mol. The van der Waals surface area contributed by atoms with E-state index in [4.69, 9.17) is 9.47 Å². The van der Waals surface area contributed by atoms with Gasteiger partial charge in [0.2, 0.25) is 0 Å². The molecule has 11 atom stereocenters. The molecule has 2 aromatic rings. The van der Waals surface area contributed by atoms with Crippen LogP contribution in [-0.4, -0.2) is 59.4 Å². The van der Waals surface area contributed by atoms with Gasteiger partial charge in [-0.2, -0.15) is 0 Å². The van der Waals surface area contributed by atoms with Gasteiger partial charge in [-0.3, -0.25) is 4.90 Å². The first-order valence-electron chi connectivity index (χ1n) is 15.9. The third-order valence-corrected chi connectivity index (χ3v) is 13.0. The van der Waals surface area contributed by atoms with Crippen molar-refractivity contribution in [2.45, 2.75) is 70.3 Å². The van der Waals surface area contributed by atoms with Crippen molar-refractivity contribution in [3.8, 4) is 0 Å². The summed E-state index contributed by atoms with van der Waals surface area (Å²) in [5, 5.41) is 11.7. The van der Waals surface area contributed by atoms with E-state index < -0.39 is 12.2 Å². The molecular weight excluding hydrogens is 526 g/mol. The largest absolute Gasteiger partial charge is 0.458 e. The highest BCUT2D eigenvalue weighted by Crippen LogP contribution is 2.84. The van der Waals surface area contributed by atoms with Gasteiger partial charge in [-0.25, -0.2) is 9.59 Å². The van der Waals surface area contributed by atoms with Crippen LogP contribution in [0.1, 0.15) is 66.7 Å². The number of carbonyl (C=O) groups excluding carboxylic acids is 2. The fourth-order valence-corrected chi connectivity index (χ4v) is 11.8. The first-order chi connectivity index (χ1) is 20.3. The van der Waals surface area contributed by atoms with Crippen molar-refractivity contribution >= 4 is 11.9 Å². The second-order valence-electron chi connectivity index (χ2n) is 14.4. The third-order valence-electron chi connectivity index (χ3n) is 13.0. The number of fused-ring (bicyclic) bond motifs is 1. The summed E-state index contributed by atoms with van der Waals surface area (Å²) in [6.07, 6.45) is 3.07. The van der Waals surface area contributed by atoms with Gasteiger partial charge >= 0.3 is 11.9 Å². The first-order valence-corrected chi connectivity index (χ1v) is 15.9. The molecule has 6 nitrogen and oxygen atoms in total. The maximum atomic E-state index is 13.6. The number of esters is 2. The van der Waals surface area contributed by atoms with Gasteiger partial charge < -0.3 is 14.6 Å². The Kier molecular flexibility index (Phi) is 5.73. The molecule has 1 aliphatic heterocycles. The number of ether oxygens (including phenoxy) is 2. The van der Waals surface area contributed by atoms with Crippen LogP contribution in [0.2, 0.25) is 0 Å². The third kappa shape index (κ3) is 3.18. The van der Waals surface area contributed by atoms with Crippen molar-refractivity contribution in [2.24, 2.45) is 39.9 Å². The van der Waals surface area contributed by atoms with Crippen LogP contribution in [0.25, 0.3) is 0 Å². The number of aliphatic hydroxyl groups excluding tert-OH is 1. The van der Waals surface area contributed by atoms with Crippen molar-refractivity contribution in [1.82, 2.24) is 4.90 Å². The quantitative estimate of drug-likeness (QED) is 0.379. The highest BCUT2D eigenvalue weighted by Gasteiger charge is 2.86. The van der Waals surface area contributed by atoms with Crippen molar-refractivity contribution in [3.05, 3.63) is 83.9 Å². The molecule has 5 saturated carbocycles. The zero-order chi connectivity index (χ0) is 29.0. The van der Waals surface area contributed by atoms with Gasteiger partial charge in [0, 0.05) is 29.3 Å². The predicted molar refractivity (Wildman–Crippen MR) is 157 cm³/mol.